The molecule has 0 unspecified atom stereocenters. The first kappa shape index (κ1) is 18.7. The molecule has 2 nitrogen and oxygen atoms in total. The van der Waals surface area contributed by atoms with Crippen LogP contribution in [0.2, 0.25) is 0 Å². The third-order valence-electron chi connectivity index (χ3n) is 4.14. The van der Waals surface area contributed by atoms with Gasteiger partial charge in [-0.05, 0) is 30.2 Å². The van der Waals surface area contributed by atoms with Crippen molar-refractivity contribution >= 4 is 5.78 Å². The molecule has 0 radical (unpaired) electrons. The van der Waals surface area contributed by atoms with Crippen molar-refractivity contribution in [1.29, 1.82) is 0 Å². The summed E-state index contributed by atoms with van der Waals surface area (Å²) in [5.74, 6) is -0.146. The second-order valence-electron chi connectivity index (χ2n) is 6.08. The lowest BCUT2D eigenvalue weighted by Crippen LogP contribution is -2.12. The normalized spacial score (nSPS) is 11.3. The van der Waals surface area contributed by atoms with Gasteiger partial charge in [0.1, 0.15) is 12.4 Å². The molecule has 0 atom stereocenters. The van der Waals surface area contributed by atoms with E-state index in [1.54, 1.807) is 24.3 Å². The van der Waals surface area contributed by atoms with Crippen molar-refractivity contribution in [2.45, 2.75) is 19.7 Å². The summed E-state index contributed by atoms with van der Waals surface area (Å²) in [5.41, 5.74) is 0.555. The van der Waals surface area contributed by atoms with Gasteiger partial charge in [0.25, 0.3) is 0 Å². The summed E-state index contributed by atoms with van der Waals surface area (Å²) in [6, 6.07) is 20.1. The van der Waals surface area contributed by atoms with Crippen molar-refractivity contribution in [3.63, 3.8) is 0 Å². The van der Waals surface area contributed by atoms with Crippen LogP contribution in [0.1, 0.15) is 28.4 Å². The molecule has 138 valence electrons. The molecule has 0 saturated carbocycles. The number of hydrogen-bond acceptors (Lipinski definition) is 2. The van der Waals surface area contributed by atoms with E-state index in [1.165, 1.54) is 12.1 Å². The van der Waals surface area contributed by atoms with Crippen molar-refractivity contribution in [1.82, 2.24) is 0 Å². The lowest BCUT2D eigenvalue weighted by Gasteiger charge is -2.15. The minimum Gasteiger partial charge on any atom is -0.488 e. The van der Waals surface area contributed by atoms with E-state index in [-0.39, 0.29) is 5.56 Å². The number of ether oxygens (including phenoxy) is 1. The minimum absolute atomic E-state index is 0.301. The predicted octanol–water partition coefficient (Wildman–Crippen LogP) is 6.15. The highest BCUT2D eigenvalue weighted by atomic mass is 19.4. The molecule has 3 aromatic carbocycles. The molecule has 3 aromatic rings. The number of benzene rings is 3. The monoisotopic (exact) mass is 370 g/mol. The average molecular weight is 370 g/mol. The molecule has 0 aliphatic heterocycles. The number of rotatable bonds is 5. The Kier molecular flexibility index (Phi) is 5.31. The zero-order valence-electron chi connectivity index (χ0n) is 14.6. The quantitative estimate of drug-likeness (QED) is 0.503. The first-order valence-corrected chi connectivity index (χ1v) is 8.34. The van der Waals surface area contributed by atoms with Gasteiger partial charge in [0, 0.05) is 11.1 Å². The van der Waals surface area contributed by atoms with Gasteiger partial charge >= 0.3 is 6.18 Å². The van der Waals surface area contributed by atoms with Crippen LogP contribution in [0.5, 0.6) is 5.75 Å². The molecule has 5 heteroatoms. The first-order valence-electron chi connectivity index (χ1n) is 8.34. The number of ketones is 1. The molecular formula is C22H17F3O2. The lowest BCUT2D eigenvalue weighted by atomic mass is 9.96. The van der Waals surface area contributed by atoms with E-state index in [2.05, 4.69) is 0 Å². The van der Waals surface area contributed by atoms with E-state index < -0.39 is 17.5 Å². The smallest absolute Gasteiger partial charge is 0.417 e. The van der Waals surface area contributed by atoms with Gasteiger partial charge in [-0.3, -0.25) is 4.79 Å². The molecule has 0 aliphatic carbocycles. The third kappa shape index (κ3) is 4.37. The molecule has 0 N–H and O–H groups in total. The summed E-state index contributed by atoms with van der Waals surface area (Å²) in [4.78, 5) is 11.6. The van der Waals surface area contributed by atoms with Crippen LogP contribution in [0, 0.1) is 0 Å². The van der Waals surface area contributed by atoms with Gasteiger partial charge in [-0.1, -0.05) is 60.7 Å². The Morgan fingerprint density at radius 1 is 0.926 bits per heavy atom. The number of halogens is 3. The molecule has 3 rings (SSSR count). The molecule has 0 aromatic heterocycles. The highest BCUT2D eigenvalue weighted by Gasteiger charge is 2.34. The maximum Gasteiger partial charge on any atom is 0.417 e. The summed E-state index contributed by atoms with van der Waals surface area (Å²) < 4.78 is 46.0. The van der Waals surface area contributed by atoms with Gasteiger partial charge in [0.15, 0.2) is 5.78 Å². The number of carbonyl (C=O) groups excluding carboxylic acids is 1. The zero-order chi connectivity index (χ0) is 19.4. The lowest BCUT2D eigenvalue weighted by molar-refractivity contribution is -0.137. The van der Waals surface area contributed by atoms with Crippen LogP contribution < -0.4 is 4.74 Å². The van der Waals surface area contributed by atoms with E-state index in [1.807, 2.05) is 30.3 Å². The maximum absolute atomic E-state index is 13.4. The minimum atomic E-state index is -4.61. The standard InChI is InChI=1S/C22H17F3O2/c1-15(26)18-12-11-17(13-20(18)22(23,24)25)19-9-5-6-10-21(19)27-14-16-7-3-2-4-8-16/h2-13H,14H2,1H3. The Balaban J connectivity index is 1.98. The summed E-state index contributed by atoms with van der Waals surface area (Å²) in [6.45, 7) is 1.43. The molecule has 0 heterocycles. The third-order valence-corrected chi connectivity index (χ3v) is 4.14. The summed E-state index contributed by atoms with van der Waals surface area (Å²) in [5, 5.41) is 0. The first-order chi connectivity index (χ1) is 12.9. The van der Waals surface area contributed by atoms with Crippen LogP contribution in [0.3, 0.4) is 0 Å². The van der Waals surface area contributed by atoms with E-state index in [0.717, 1.165) is 18.6 Å². The van der Waals surface area contributed by atoms with Gasteiger partial charge in [0.05, 0.1) is 5.56 Å². The topological polar surface area (TPSA) is 26.3 Å². The predicted molar refractivity (Wildman–Crippen MR) is 97.7 cm³/mol. The van der Waals surface area contributed by atoms with Gasteiger partial charge in [-0.15, -0.1) is 0 Å². The summed E-state index contributed by atoms with van der Waals surface area (Å²) in [6.07, 6.45) is -4.61. The van der Waals surface area contributed by atoms with E-state index >= 15 is 0 Å². The van der Waals surface area contributed by atoms with Crippen LogP contribution in [-0.2, 0) is 12.8 Å². The highest BCUT2D eigenvalue weighted by molar-refractivity contribution is 5.96. The molecule has 27 heavy (non-hydrogen) atoms. The van der Waals surface area contributed by atoms with E-state index in [0.29, 0.717) is 23.5 Å². The van der Waals surface area contributed by atoms with Crippen LogP contribution in [-0.4, -0.2) is 5.78 Å². The van der Waals surface area contributed by atoms with Crippen molar-refractivity contribution in [3.8, 4) is 16.9 Å². The van der Waals surface area contributed by atoms with Crippen molar-refractivity contribution in [3.05, 3.63) is 89.5 Å². The van der Waals surface area contributed by atoms with Crippen molar-refractivity contribution in [2.75, 3.05) is 0 Å². The van der Waals surface area contributed by atoms with Gasteiger partial charge < -0.3 is 4.74 Å². The molecule has 0 aliphatic rings. The molecule has 0 spiro atoms. The SMILES string of the molecule is CC(=O)c1ccc(-c2ccccc2OCc2ccccc2)cc1C(F)(F)F. The summed E-state index contributed by atoms with van der Waals surface area (Å²) >= 11 is 0. The Bertz CT molecular complexity index is 947. The Labute approximate surface area is 155 Å². The number of hydrogen-bond donors (Lipinski definition) is 0. The number of para-hydroxylation sites is 1. The number of alkyl halides is 3. The van der Waals surface area contributed by atoms with Crippen LogP contribution in [0.25, 0.3) is 11.1 Å². The average Bonchev–Trinajstić information content (AvgIpc) is 2.66. The van der Waals surface area contributed by atoms with Crippen molar-refractivity contribution < 1.29 is 22.7 Å². The zero-order valence-corrected chi connectivity index (χ0v) is 14.6. The largest absolute Gasteiger partial charge is 0.488 e. The van der Waals surface area contributed by atoms with Gasteiger partial charge in [-0.2, -0.15) is 13.2 Å². The molecular weight excluding hydrogens is 353 g/mol. The fourth-order valence-electron chi connectivity index (χ4n) is 2.82. The summed E-state index contributed by atoms with van der Waals surface area (Å²) in [7, 11) is 0. The Morgan fingerprint density at radius 2 is 1.59 bits per heavy atom. The van der Waals surface area contributed by atoms with Gasteiger partial charge in [0.2, 0.25) is 0 Å². The van der Waals surface area contributed by atoms with Gasteiger partial charge in [-0.25, -0.2) is 0 Å². The van der Waals surface area contributed by atoms with Crippen LogP contribution >= 0.6 is 0 Å². The maximum atomic E-state index is 13.4. The fraction of sp³-hybridized carbons (Fsp3) is 0.136. The number of Topliss-reactive ketones (excluding diaryl/α,β-unsaturated/α-hetero) is 1. The van der Waals surface area contributed by atoms with E-state index in [9.17, 15) is 18.0 Å². The van der Waals surface area contributed by atoms with Crippen molar-refractivity contribution in [2.24, 2.45) is 0 Å². The Morgan fingerprint density at radius 3 is 2.26 bits per heavy atom. The Hall–Kier alpha value is -3.08. The van der Waals surface area contributed by atoms with Crippen LogP contribution in [0.4, 0.5) is 13.2 Å². The number of carbonyl (C=O) groups is 1. The molecule has 0 bridgehead atoms. The molecule has 0 fully saturated rings. The second kappa shape index (κ2) is 7.66. The highest BCUT2D eigenvalue weighted by Crippen LogP contribution is 2.37. The van der Waals surface area contributed by atoms with Crippen LogP contribution in [0.15, 0.2) is 72.8 Å². The molecule has 0 amide bonds. The molecule has 0 saturated heterocycles. The second-order valence-corrected chi connectivity index (χ2v) is 6.08. The fourth-order valence-corrected chi connectivity index (χ4v) is 2.82. The van der Waals surface area contributed by atoms with E-state index in [4.69, 9.17) is 4.74 Å².